The van der Waals surface area contributed by atoms with Crippen LogP contribution in [-0.2, 0) is 0 Å². The van der Waals surface area contributed by atoms with Crippen molar-refractivity contribution in [3.05, 3.63) is 48.5 Å². The summed E-state index contributed by atoms with van der Waals surface area (Å²) in [7, 11) is 0. The van der Waals surface area contributed by atoms with Crippen molar-refractivity contribution in [3.8, 4) is 11.1 Å². The van der Waals surface area contributed by atoms with Crippen molar-refractivity contribution in [1.29, 1.82) is 0 Å². The first-order valence-corrected chi connectivity index (χ1v) is 9.53. The van der Waals surface area contributed by atoms with Gasteiger partial charge in [-0.3, -0.25) is 0 Å². The predicted octanol–water partition coefficient (Wildman–Crippen LogP) is 0.673. The summed E-state index contributed by atoms with van der Waals surface area (Å²) in [6, 6.07) is 17.9. The molecule has 0 aromatic heterocycles. The van der Waals surface area contributed by atoms with Crippen LogP contribution in [-0.4, -0.2) is 51.5 Å². The Morgan fingerprint density at radius 1 is 0.714 bits per heavy atom. The van der Waals surface area contributed by atoms with Crippen LogP contribution in [0.15, 0.2) is 48.5 Å². The van der Waals surface area contributed by atoms with E-state index in [4.69, 9.17) is 0 Å². The Labute approximate surface area is 116 Å². The maximum absolute atomic E-state index is 2.24. The molecule has 0 heterocycles. The van der Waals surface area contributed by atoms with Gasteiger partial charge in [0, 0.05) is 0 Å². The van der Waals surface area contributed by atoms with Gasteiger partial charge in [-0.05, 0) is 0 Å². The molecule has 0 nitrogen and oxygen atoms in total. The van der Waals surface area contributed by atoms with E-state index in [2.05, 4.69) is 48.5 Å². The van der Waals surface area contributed by atoms with Crippen molar-refractivity contribution >= 4 is 57.8 Å². The van der Waals surface area contributed by atoms with E-state index in [0.717, 1.165) is 51.5 Å². The second-order valence-electron chi connectivity index (χ2n) is 3.32. The second-order valence-corrected chi connectivity index (χ2v) is 9.08. The van der Waals surface area contributed by atoms with Crippen molar-refractivity contribution < 1.29 is 0 Å². The van der Waals surface area contributed by atoms with Gasteiger partial charge in [0.2, 0.25) is 0 Å². The molecular weight excluding hydrogens is 553 g/mol. The molecule has 2 aromatic rings. The second kappa shape index (κ2) is 4.87. The minimum atomic E-state index is 0.748. The number of rotatable bonds is 1. The van der Waals surface area contributed by atoms with Gasteiger partial charge in [0.05, 0.1) is 0 Å². The number of hydrogen-bond acceptors (Lipinski definition) is 0. The third-order valence-corrected chi connectivity index (χ3v) is 5.53. The molecule has 0 fully saturated rings. The molecule has 0 spiro atoms. The third-order valence-electron chi connectivity index (χ3n) is 2.20. The van der Waals surface area contributed by atoms with Crippen LogP contribution in [0.4, 0.5) is 0 Å². The molecule has 0 aliphatic heterocycles. The molecule has 0 bridgehead atoms. The molecule has 2 heteroatoms. The molecule has 0 radical (unpaired) electrons. The van der Waals surface area contributed by atoms with Gasteiger partial charge >= 0.3 is 117 Å². The summed E-state index contributed by atoms with van der Waals surface area (Å²) in [5, 5.41) is 0. The average molecular weight is 562 g/mol. The van der Waals surface area contributed by atoms with Gasteiger partial charge in [-0.25, -0.2) is 0 Å². The normalized spacial score (nSPS) is 9.86. The summed E-state index contributed by atoms with van der Waals surface area (Å²) in [4.78, 5) is 0. The van der Waals surface area contributed by atoms with E-state index in [1.54, 1.807) is 0 Å². The van der Waals surface area contributed by atoms with Gasteiger partial charge in [0.15, 0.2) is 0 Å². The van der Waals surface area contributed by atoms with Crippen LogP contribution in [0.5, 0.6) is 0 Å². The zero-order chi connectivity index (χ0) is 9.97. The fourth-order valence-electron chi connectivity index (χ4n) is 1.37. The van der Waals surface area contributed by atoms with Crippen LogP contribution in [0, 0.1) is 0 Å². The molecule has 2 aromatic carbocycles. The standard InChI is InChI=1S/C12H8.2Tl.H/c1-3-7-11(8-4-1)12-9-5-2-6-10-12;;;/h3-10H;;;. The van der Waals surface area contributed by atoms with Crippen LogP contribution >= 0.6 is 0 Å². The van der Waals surface area contributed by atoms with E-state index in [1.807, 2.05) is 0 Å². The third kappa shape index (κ3) is 2.65. The van der Waals surface area contributed by atoms with E-state index in [1.165, 1.54) is 17.4 Å². The average Bonchev–Trinajstić information content (AvgIpc) is 2.21. The Kier molecular flexibility index (Phi) is 3.76. The monoisotopic (exact) mass is 563 g/mol. The van der Waals surface area contributed by atoms with E-state index in [0.29, 0.717) is 0 Å². The van der Waals surface area contributed by atoms with Crippen molar-refractivity contribution in [2.45, 2.75) is 0 Å². The summed E-state index contributed by atoms with van der Waals surface area (Å²) in [5.41, 5.74) is 2.67. The van der Waals surface area contributed by atoms with Crippen LogP contribution < -0.4 is 6.25 Å². The van der Waals surface area contributed by atoms with Gasteiger partial charge in [-0.2, -0.15) is 0 Å². The molecule has 2 rings (SSSR count). The van der Waals surface area contributed by atoms with E-state index in [-0.39, 0.29) is 0 Å². The Balaban J connectivity index is 2.40. The number of benzene rings is 2. The quantitative estimate of drug-likeness (QED) is 0.449. The Hall–Kier alpha value is 0.284. The molecule has 0 amide bonds. The summed E-state index contributed by atoms with van der Waals surface area (Å²) >= 11 is 1.69. The fraction of sp³-hybridized carbons (Fsp3) is 0. The first-order chi connectivity index (χ1) is 6.75. The van der Waals surface area contributed by atoms with Crippen molar-refractivity contribution in [2.24, 2.45) is 0 Å². The summed E-state index contributed by atoms with van der Waals surface area (Å²) in [6.45, 7) is 0. The predicted molar refractivity (Wildman–Crippen MR) is 64.0 cm³/mol. The van der Waals surface area contributed by atoms with Gasteiger partial charge in [0.25, 0.3) is 0 Å². The van der Waals surface area contributed by atoms with Crippen molar-refractivity contribution in [2.75, 3.05) is 0 Å². The topological polar surface area (TPSA) is 0 Å². The number of hydrogen-bond donors (Lipinski definition) is 0. The Bertz CT molecular complexity index is 372. The van der Waals surface area contributed by atoms with Crippen LogP contribution in [0.3, 0.4) is 0 Å². The fourth-order valence-corrected chi connectivity index (χ4v) is 3.04. The summed E-state index contributed by atoms with van der Waals surface area (Å²) in [6.07, 6.45) is 0. The van der Waals surface area contributed by atoms with Gasteiger partial charge in [-0.1, -0.05) is 0 Å². The summed E-state index contributed by atoms with van der Waals surface area (Å²) < 4.78 is 2.99. The molecular formula is C12H9Tl2. The van der Waals surface area contributed by atoms with Crippen molar-refractivity contribution in [1.82, 2.24) is 0 Å². The zero-order valence-corrected chi connectivity index (χ0v) is 17.9. The zero-order valence-electron chi connectivity index (χ0n) is 7.90. The maximum atomic E-state index is 2.24. The van der Waals surface area contributed by atoms with Crippen LogP contribution in [0.2, 0.25) is 0 Å². The molecule has 63 valence electrons. The van der Waals surface area contributed by atoms with Gasteiger partial charge in [-0.15, -0.1) is 0 Å². The molecule has 14 heavy (non-hydrogen) atoms. The van der Waals surface area contributed by atoms with Gasteiger partial charge in [0.1, 0.15) is 0 Å². The van der Waals surface area contributed by atoms with Crippen LogP contribution in [0.25, 0.3) is 11.1 Å². The molecule has 0 atom stereocenters. The van der Waals surface area contributed by atoms with Crippen molar-refractivity contribution in [3.63, 3.8) is 0 Å². The molecule has 0 saturated carbocycles. The molecule has 0 aliphatic rings. The first-order valence-electron chi connectivity index (χ1n) is 4.53. The Morgan fingerprint density at radius 2 is 1.14 bits per heavy atom. The van der Waals surface area contributed by atoms with E-state index in [9.17, 15) is 0 Å². The molecule has 0 aliphatic carbocycles. The molecule has 0 saturated heterocycles. The van der Waals surface area contributed by atoms with Crippen LogP contribution in [0.1, 0.15) is 0 Å². The minimum absolute atomic E-state index is 0.748. The Morgan fingerprint density at radius 3 is 1.64 bits per heavy atom. The van der Waals surface area contributed by atoms with Gasteiger partial charge < -0.3 is 0 Å². The summed E-state index contributed by atoms with van der Waals surface area (Å²) in [5.74, 6) is 0. The molecule has 0 unspecified atom stereocenters. The van der Waals surface area contributed by atoms with E-state index < -0.39 is 0 Å². The molecule has 0 N–H and O–H groups in total. The van der Waals surface area contributed by atoms with E-state index >= 15 is 0 Å². The first kappa shape index (κ1) is 10.8. The SMILES string of the molecule is [Tl][c]1ccc(-c2cc[c]([TlH])cc2)cc1.